The van der Waals surface area contributed by atoms with Crippen LogP contribution in [0.3, 0.4) is 0 Å². The molecular weight excluding hydrogens is 460 g/mol. The van der Waals surface area contributed by atoms with Crippen LogP contribution in [0.15, 0.2) is 36.9 Å². The Labute approximate surface area is 187 Å². The number of imidazole rings is 1. The third-order valence-corrected chi connectivity index (χ3v) is 5.41. The van der Waals surface area contributed by atoms with Crippen molar-refractivity contribution in [3.63, 3.8) is 0 Å². The third kappa shape index (κ3) is 4.63. The van der Waals surface area contributed by atoms with Crippen LogP contribution in [0.1, 0.15) is 16.6 Å². The van der Waals surface area contributed by atoms with Crippen LogP contribution in [0.25, 0.3) is 11.2 Å². The van der Waals surface area contributed by atoms with Crippen molar-refractivity contribution < 1.29 is 37.1 Å². The first-order valence-corrected chi connectivity index (χ1v) is 11.0. The van der Waals surface area contributed by atoms with Gasteiger partial charge in [-0.05, 0) is 12.1 Å². The predicted octanol–water partition coefficient (Wildman–Crippen LogP) is -1.07. The van der Waals surface area contributed by atoms with E-state index in [1.165, 1.54) is 24.3 Å². The second-order valence-electron chi connectivity index (χ2n) is 7.02. The molecule has 1 aliphatic rings. The Bertz CT molecular complexity index is 1280. The molecule has 1 aromatic carbocycles. The number of hydrogen-bond donors (Lipinski definition) is 4. The molecule has 2 aromatic heterocycles. The zero-order valence-corrected chi connectivity index (χ0v) is 17.9. The number of nitrogens with zero attached hydrogens (tertiary/aromatic N) is 4. The molecule has 3 heterocycles. The Morgan fingerprint density at radius 1 is 1.24 bits per heavy atom. The third-order valence-electron chi connectivity index (χ3n) is 4.95. The first-order valence-electron chi connectivity index (χ1n) is 9.50. The average molecular weight is 480 g/mol. The van der Waals surface area contributed by atoms with Crippen LogP contribution < -0.4 is 15.2 Å². The van der Waals surface area contributed by atoms with E-state index in [1.54, 1.807) is 24.3 Å². The molecule has 176 valence electrons. The maximum Gasteiger partial charge on any atom is 0.333 e. The van der Waals surface area contributed by atoms with Crippen LogP contribution in [0.4, 0.5) is 5.82 Å². The summed E-state index contributed by atoms with van der Waals surface area (Å²) in [6.45, 7) is -0.602. The number of aromatic nitrogens is 4. The summed E-state index contributed by atoms with van der Waals surface area (Å²) in [5.41, 5.74) is 0.654. The molecule has 1 aliphatic heterocycles. The minimum atomic E-state index is -4.27. The van der Waals surface area contributed by atoms with Crippen molar-refractivity contribution >= 4 is 33.2 Å². The lowest BCUT2D eigenvalue weighted by atomic mass is 10.1. The van der Waals surface area contributed by atoms with Crippen molar-refractivity contribution in [1.29, 1.82) is 0 Å². The van der Waals surface area contributed by atoms with Crippen molar-refractivity contribution in [2.24, 2.45) is 5.14 Å². The Morgan fingerprint density at radius 2 is 2.00 bits per heavy atom. The number of nitrogens with one attached hydrogen (secondary N) is 1. The Kier molecular flexibility index (Phi) is 6.24. The fourth-order valence-electron chi connectivity index (χ4n) is 3.40. The molecule has 0 bridgehead atoms. The Balaban J connectivity index is 1.59. The molecule has 3 aromatic rings. The Morgan fingerprint density at radius 3 is 2.73 bits per heavy atom. The second-order valence-corrected chi connectivity index (χ2v) is 8.25. The SMILES string of the molecule is COc1ccccc1C(=O)Nc1ncnc2c1ncn2[C@@H]1O[C@H](COS(N)(=O)=O)[C@@H](O)[C@H]1O. The van der Waals surface area contributed by atoms with E-state index in [9.17, 15) is 23.4 Å². The van der Waals surface area contributed by atoms with Gasteiger partial charge in [0.15, 0.2) is 23.2 Å². The van der Waals surface area contributed by atoms with Gasteiger partial charge in [-0.15, -0.1) is 0 Å². The number of amides is 1. The molecule has 0 aliphatic carbocycles. The lowest BCUT2D eigenvalue weighted by Crippen LogP contribution is -2.35. The maximum atomic E-state index is 12.7. The average Bonchev–Trinajstić information content (AvgIpc) is 3.33. The molecular formula is C18H20N6O8S. The zero-order chi connectivity index (χ0) is 23.8. The molecule has 1 amide bonds. The number of anilines is 1. The Hall–Kier alpha value is -3.21. The van der Waals surface area contributed by atoms with Crippen molar-refractivity contribution in [2.45, 2.75) is 24.5 Å². The summed E-state index contributed by atoms with van der Waals surface area (Å²) in [6, 6.07) is 6.63. The molecule has 14 nitrogen and oxygen atoms in total. The van der Waals surface area contributed by atoms with Crippen LogP contribution in [0.2, 0.25) is 0 Å². The molecule has 1 saturated heterocycles. The lowest BCUT2D eigenvalue weighted by Gasteiger charge is -2.16. The molecule has 4 atom stereocenters. The van der Waals surface area contributed by atoms with Gasteiger partial charge in [-0.2, -0.15) is 8.42 Å². The minimum Gasteiger partial charge on any atom is -0.496 e. The van der Waals surface area contributed by atoms with Crippen molar-refractivity contribution in [3.8, 4) is 5.75 Å². The number of aliphatic hydroxyl groups is 2. The number of carbonyl (C=O) groups excluding carboxylic acids is 1. The number of ether oxygens (including phenoxy) is 2. The number of aliphatic hydroxyl groups excluding tert-OH is 2. The topological polar surface area (TPSA) is 201 Å². The van der Waals surface area contributed by atoms with E-state index in [-0.39, 0.29) is 22.5 Å². The maximum absolute atomic E-state index is 12.7. The van der Waals surface area contributed by atoms with Gasteiger partial charge in [0.1, 0.15) is 30.4 Å². The van der Waals surface area contributed by atoms with E-state index < -0.39 is 47.4 Å². The van der Waals surface area contributed by atoms with E-state index >= 15 is 0 Å². The molecule has 0 unspecified atom stereocenters. The standard InChI is InChI=1S/C18H20N6O8S/c1-30-10-5-3-2-4-9(10)17(27)23-15-12-16(21-7-20-15)24(8-22-12)18-14(26)13(25)11(32-18)6-31-33(19,28)29/h2-5,7-8,11,13-14,18,25-26H,6H2,1H3,(H2,19,28,29)(H,20,21,23,27)/t11-,13-,14-,18-/m1/s1. The van der Waals surface area contributed by atoms with Crippen LogP contribution in [-0.2, 0) is 19.2 Å². The van der Waals surface area contributed by atoms with Gasteiger partial charge < -0.3 is 25.0 Å². The minimum absolute atomic E-state index is 0.0943. The van der Waals surface area contributed by atoms with Crippen LogP contribution in [-0.4, -0.2) is 76.1 Å². The van der Waals surface area contributed by atoms with Gasteiger partial charge >= 0.3 is 10.3 Å². The number of methoxy groups -OCH3 is 1. The number of rotatable bonds is 7. The molecule has 33 heavy (non-hydrogen) atoms. The quantitative estimate of drug-likeness (QED) is 0.321. The van der Waals surface area contributed by atoms with Gasteiger partial charge in [0.05, 0.1) is 25.6 Å². The van der Waals surface area contributed by atoms with Crippen LogP contribution in [0, 0.1) is 0 Å². The fraction of sp³-hybridized carbons (Fsp3) is 0.333. The summed E-state index contributed by atoms with van der Waals surface area (Å²) in [5, 5.41) is 28.1. The number of nitrogens with two attached hydrogens (primary N) is 1. The monoisotopic (exact) mass is 480 g/mol. The van der Waals surface area contributed by atoms with Crippen LogP contribution >= 0.6 is 0 Å². The fourth-order valence-corrected chi connectivity index (χ4v) is 3.72. The number of benzene rings is 1. The number of hydrogen-bond acceptors (Lipinski definition) is 11. The summed E-state index contributed by atoms with van der Waals surface area (Å²) in [4.78, 5) is 25.1. The highest BCUT2D eigenvalue weighted by molar-refractivity contribution is 7.84. The molecule has 0 radical (unpaired) electrons. The van der Waals surface area contributed by atoms with E-state index in [1.807, 2.05) is 0 Å². The molecule has 1 fully saturated rings. The largest absolute Gasteiger partial charge is 0.496 e. The molecule has 0 saturated carbocycles. The highest BCUT2D eigenvalue weighted by Crippen LogP contribution is 2.32. The molecule has 15 heteroatoms. The summed E-state index contributed by atoms with van der Waals surface area (Å²) in [5.74, 6) is -0.0263. The van der Waals surface area contributed by atoms with Crippen LogP contribution in [0.5, 0.6) is 5.75 Å². The highest BCUT2D eigenvalue weighted by atomic mass is 32.2. The summed E-state index contributed by atoms with van der Waals surface area (Å²) in [6.07, 6.45) is -2.84. The first-order chi connectivity index (χ1) is 15.7. The number of fused-ring (bicyclic) bond motifs is 1. The predicted molar refractivity (Wildman–Crippen MR) is 111 cm³/mol. The van der Waals surface area contributed by atoms with Gasteiger partial charge in [0.2, 0.25) is 0 Å². The van der Waals surface area contributed by atoms with Crippen molar-refractivity contribution in [3.05, 3.63) is 42.5 Å². The smallest absolute Gasteiger partial charge is 0.333 e. The number of carbonyl (C=O) groups is 1. The van der Waals surface area contributed by atoms with Gasteiger partial charge in [-0.3, -0.25) is 13.5 Å². The van der Waals surface area contributed by atoms with Gasteiger partial charge in [-0.25, -0.2) is 20.1 Å². The van der Waals surface area contributed by atoms with E-state index in [0.717, 1.165) is 0 Å². The van der Waals surface area contributed by atoms with Gasteiger partial charge in [0, 0.05) is 0 Å². The lowest BCUT2D eigenvalue weighted by molar-refractivity contribution is -0.0467. The van der Waals surface area contributed by atoms with E-state index in [0.29, 0.717) is 5.75 Å². The molecule has 5 N–H and O–H groups in total. The molecule has 0 spiro atoms. The summed E-state index contributed by atoms with van der Waals surface area (Å²) < 4.78 is 38.6. The summed E-state index contributed by atoms with van der Waals surface area (Å²) in [7, 11) is -2.82. The van der Waals surface area contributed by atoms with Crippen molar-refractivity contribution in [2.75, 3.05) is 19.0 Å². The van der Waals surface area contributed by atoms with Gasteiger partial charge in [-0.1, -0.05) is 12.1 Å². The first kappa shape index (κ1) is 23.0. The molecule has 4 rings (SSSR count). The van der Waals surface area contributed by atoms with Gasteiger partial charge in [0.25, 0.3) is 5.91 Å². The second kappa shape index (κ2) is 8.97. The zero-order valence-electron chi connectivity index (χ0n) is 17.1. The van der Waals surface area contributed by atoms with E-state index in [2.05, 4.69) is 24.5 Å². The highest BCUT2D eigenvalue weighted by Gasteiger charge is 2.45. The normalized spacial score (nSPS) is 23.0. The number of para-hydroxylation sites is 1. The summed E-state index contributed by atoms with van der Waals surface area (Å²) >= 11 is 0. The van der Waals surface area contributed by atoms with Crippen molar-refractivity contribution in [1.82, 2.24) is 19.5 Å². The van der Waals surface area contributed by atoms with E-state index in [4.69, 9.17) is 14.6 Å².